The standard InChI is InChI=1S/C15H12FN/c16-15-9-8-13(10-14(15)11-17)7-6-12-4-2-1-3-5-12/h1-5,8-10H,6-7H2. The molecular formula is C15H12FN. The molecule has 0 amide bonds. The third kappa shape index (κ3) is 2.92. The van der Waals surface area contributed by atoms with Crippen LogP contribution >= 0.6 is 0 Å². The highest BCUT2D eigenvalue weighted by atomic mass is 19.1. The number of benzene rings is 2. The molecule has 0 bridgehead atoms. The molecule has 0 aliphatic heterocycles. The van der Waals surface area contributed by atoms with Crippen LogP contribution in [0.5, 0.6) is 0 Å². The average Bonchev–Trinajstić information content (AvgIpc) is 2.39. The smallest absolute Gasteiger partial charge is 0.140 e. The minimum atomic E-state index is -0.448. The summed E-state index contributed by atoms with van der Waals surface area (Å²) in [5, 5.41) is 8.74. The molecule has 0 heterocycles. The van der Waals surface area contributed by atoms with Crippen LogP contribution in [-0.2, 0) is 12.8 Å². The van der Waals surface area contributed by atoms with E-state index in [0.717, 1.165) is 18.4 Å². The Morgan fingerprint density at radius 3 is 2.35 bits per heavy atom. The maximum absolute atomic E-state index is 13.1. The highest BCUT2D eigenvalue weighted by Crippen LogP contribution is 2.12. The normalized spacial score (nSPS) is 9.88. The molecule has 84 valence electrons. The highest BCUT2D eigenvalue weighted by Gasteiger charge is 2.02. The van der Waals surface area contributed by atoms with Gasteiger partial charge in [-0.15, -0.1) is 0 Å². The summed E-state index contributed by atoms with van der Waals surface area (Å²) in [6.45, 7) is 0. The van der Waals surface area contributed by atoms with Crippen molar-refractivity contribution in [3.8, 4) is 6.07 Å². The van der Waals surface area contributed by atoms with Crippen molar-refractivity contribution in [1.82, 2.24) is 0 Å². The topological polar surface area (TPSA) is 23.8 Å². The molecule has 0 saturated carbocycles. The molecule has 0 atom stereocenters. The Labute approximate surface area is 100 Å². The van der Waals surface area contributed by atoms with Crippen LogP contribution in [-0.4, -0.2) is 0 Å². The summed E-state index contributed by atoms with van der Waals surface area (Å²) in [4.78, 5) is 0. The molecule has 0 saturated heterocycles. The third-order valence-corrected chi connectivity index (χ3v) is 2.70. The summed E-state index contributed by atoms with van der Waals surface area (Å²) < 4.78 is 13.1. The number of aryl methyl sites for hydroxylation is 2. The van der Waals surface area contributed by atoms with Gasteiger partial charge >= 0.3 is 0 Å². The fraction of sp³-hybridized carbons (Fsp3) is 0.133. The lowest BCUT2D eigenvalue weighted by atomic mass is 10.0. The largest absolute Gasteiger partial charge is 0.206 e. The summed E-state index contributed by atoms with van der Waals surface area (Å²) >= 11 is 0. The lowest BCUT2D eigenvalue weighted by Crippen LogP contribution is -1.93. The van der Waals surface area contributed by atoms with E-state index in [1.54, 1.807) is 12.1 Å². The number of nitrogens with zero attached hydrogens (tertiary/aromatic N) is 1. The van der Waals surface area contributed by atoms with E-state index in [9.17, 15) is 4.39 Å². The van der Waals surface area contributed by atoms with Gasteiger partial charge in [-0.05, 0) is 36.1 Å². The maximum Gasteiger partial charge on any atom is 0.140 e. The molecule has 2 aromatic carbocycles. The second-order valence-electron chi connectivity index (χ2n) is 3.91. The molecule has 2 rings (SSSR count). The van der Waals surface area contributed by atoms with Crippen molar-refractivity contribution >= 4 is 0 Å². The zero-order valence-electron chi connectivity index (χ0n) is 9.36. The van der Waals surface area contributed by atoms with Crippen LogP contribution in [0.25, 0.3) is 0 Å². The monoisotopic (exact) mass is 225 g/mol. The molecule has 0 aliphatic rings. The molecule has 0 spiro atoms. The lowest BCUT2D eigenvalue weighted by Gasteiger charge is -2.03. The van der Waals surface area contributed by atoms with E-state index in [1.165, 1.54) is 11.6 Å². The van der Waals surface area contributed by atoms with Gasteiger partial charge in [-0.2, -0.15) is 5.26 Å². The average molecular weight is 225 g/mol. The Morgan fingerprint density at radius 2 is 1.65 bits per heavy atom. The van der Waals surface area contributed by atoms with E-state index < -0.39 is 5.82 Å². The van der Waals surface area contributed by atoms with Gasteiger partial charge in [-0.25, -0.2) is 4.39 Å². The molecule has 1 nitrogen and oxygen atoms in total. The summed E-state index contributed by atoms with van der Waals surface area (Å²) in [5.41, 5.74) is 2.36. The number of halogens is 1. The van der Waals surface area contributed by atoms with Crippen molar-refractivity contribution < 1.29 is 4.39 Å². The summed E-state index contributed by atoms with van der Waals surface area (Å²) in [5.74, 6) is -0.448. The zero-order chi connectivity index (χ0) is 12.1. The minimum Gasteiger partial charge on any atom is -0.206 e. The summed E-state index contributed by atoms with van der Waals surface area (Å²) in [6, 6.07) is 16.7. The van der Waals surface area contributed by atoms with Gasteiger partial charge in [0.25, 0.3) is 0 Å². The minimum absolute atomic E-state index is 0.121. The number of nitriles is 1. The van der Waals surface area contributed by atoms with Crippen LogP contribution in [0.3, 0.4) is 0 Å². The van der Waals surface area contributed by atoms with Gasteiger partial charge in [0.05, 0.1) is 5.56 Å². The first-order chi connectivity index (χ1) is 8.29. The second-order valence-corrected chi connectivity index (χ2v) is 3.91. The van der Waals surface area contributed by atoms with E-state index in [2.05, 4.69) is 12.1 Å². The van der Waals surface area contributed by atoms with Crippen molar-refractivity contribution in [2.45, 2.75) is 12.8 Å². The number of rotatable bonds is 3. The quantitative estimate of drug-likeness (QED) is 0.784. The molecule has 0 aliphatic carbocycles. The predicted molar refractivity (Wildman–Crippen MR) is 65.0 cm³/mol. The molecule has 17 heavy (non-hydrogen) atoms. The molecule has 0 unspecified atom stereocenters. The first kappa shape index (κ1) is 11.3. The van der Waals surface area contributed by atoms with Crippen LogP contribution in [0.4, 0.5) is 4.39 Å². The Morgan fingerprint density at radius 1 is 0.941 bits per heavy atom. The fourth-order valence-electron chi connectivity index (χ4n) is 1.75. The molecule has 0 radical (unpaired) electrons. The Hall–Kier alpha value is -2.14. The first-order valence-corrected chi connectivity index (χ1v) is 5.52. The Kier molecular flexibility index (Phi) is 3.52. The van der Waals surface area contributed by atoms with Gasteiger partial charge in [-0.3, -0.25) is 0 Å². The molecule has 0 fully saturated rings. The maximum atomic E-state index is 13.1. The molecular weight excluding hydrogens is 213 g/mol. The van der Waals surface area contributed by atoms with Gasteiger partial charge in [-0.1, -0.05) is 36.4 Å². The fourth-order valence-corrected chi connectivity index (χ4v) is 1.75. The molecule has 2 heteroatoms. The van der Waals surface area contributed by atoms with Gasteiger partial charge < -0.3 is 0 Å². The SMILES string of the molecule is N#Cc1cc(CCc2ccccc2)ccc1F. The van der Waals surface area contributed by atoms with E-state index in [4.69, 9.17) is 5.26 Å². The first-order valence-electron chi connectivity index (χ1n) is 5.52. The van der Waals surface area contributed by atoms with Gasteiger partial charge in [0.15, 0.2) is 0 Å². The van der Waals surface area contributed by atoms with E-state index in [-0.39, 0.29) is 5.56 Å². The second kappa shape index (κ2) is 5.27. The van der Waals surface area contributed by atoms with Gasteiger partial charge in [0, 0.05) is 0 Å². The van der Waals surface area contributed by atoms with E-state index in [0.29, 0.717) is 0 Å². The molecule has 0 N–H and O–H groups in total. The predicted octanol–water partition coefficient (Wildman–Crippen LogP) is 3.48. The van der Waals surface area contributed by atoms with Crippen molar-refractivity contribution in [2.24, 2.45) is 0 Å². The zero-order valence-corrected chi connectivity index (χ0v) is 9.36. The van der Waals surface area contributed by atoms with Crippen LogP contribution in [0.2, 0.25) is 0 Å². The Bertz CT molecular complexity index is 541. The molecule has 0 aromatic heterocycles. The summed E-state index contributed by atoms with van der Waals surface area (Å²) in [7, 11) is 0. The molecule has 2 aromatic rings. The van der Waals surface area contributed by atoms with Crippen LogP contribution < -0.4 is 0 Å². The highest BCUT2D eigenvalue weighted by molar-refractivity contribution is 5.34. The van der Waals surface area contributed by atoms with Crippen molar-refractivity contribution in [2.75, 3.05) is 0 Å². The van der Waals surface area contributed by atoms with Gasteiger partial charge in [0.2, 0.25) is 0 Å². The van der Waals surface area contributed by atoms with Crippen LogP contribution in [0.15, 0.2) is 48.5 Å². The van der Waals surface area contributed by atoms with Crippen LogP contribution in [0.1, 0.15) is 16.7 Å². The number of hydrogen-bond donors (Lipinski definition) is 0. The van der Waals surface area contributed by atoms with E-state index >= 15 is 0 Å². The van der Waals surface area contributed by atoms with Crippen molar-refractivity contribution in [3.05, 3.63) is 71.0 Å². The van der Waals surface area contributed by atoms with Crippen LogP contribution in [0, 0.1) is 17.1 Å². The van der Waals surface area contributed by atoms with E-state index in [1.807, 2.05) is 24.3 Å². The Balaban J connectivity index is 2.08. The lowest BCUT2D eigenvalue weighted by molar-refractivity contribution is 0.623. The third-order valence-electron chi connectivity index (χ3n) is 2.70. The number of hydrogen-bond acceptors (Lipinski definition) is 1. The van der Waals surface area contributed by atoms with Crippen molar-refractivity contribution in [1.29, 1.82) is 5.26 Å². The summed E-state index contributed by atoms with van der Waals surface area (Å²) in [6.07, 6.45) is 1.72. The van der Waals surface area contributed by atoms with Crippen molar-refractivity contribution in [3.63, 3.8) is 0 Å². The van der Waals surface area contributed by atoms with Gasteiger partial charge in [0.1, 0.15) is 11.9 Å².